The van der Waals surface area contributed by atoms with Crippen LogP contribution >= 0.6 is 11.3 Å². The highest BCUT2D eigenvalue weighted by Crippen LogP contribution is 2.21. The van der Waals surface area contributed by atoms with Crippen molar-refractivity contribution in [3.8, 4) is 0 Å². The second-order valence-corrected chi connectivity index (χ2v) is 8.09. The summed E-state index contributed by atoms with van der Waals surface area (Å²) in [6.45, 7) is 14.2. The SMILES string of the molecule is CCNC(=NCC(C)c1cccs1)NCC1CCCN(C(C)C)C1. The van der Waals surface area contributed by atoms with Gasteiger partial charge in [0, 0.05) is 36.5 Å². The number of rotatable bonds is 7. The normalized spacial score (nSPS) is 21.0. The first-order chi connectivity index (χ1) is 11.6. The third-order valence-electron chi connectivity index (χ3n) is 4.74. The van der Waals surface area contributed by atoms with Crippen molar-refractivity contribution in [3.05, 3.63) is 22.4 Å². The number of thiophene rings is 1. The molecule has 24 heavy (non-hydrogen) atoms. The van der Waals surface area contributed by atoms with Crippen LogP contribution in [0.5, 0.6) is 0 Å². The lowest BCUT2D eigenvalue weighted by Crippen LogP contribution is -2.46. The van der Waals surface area contributed by atoms with Crippen molar-refractivity contribution in [2.45, 2.75) is 52.5 Å². The first kappa shape index (κ1) is 19.3. The molecule has 1 aromatic heterocycles. The van der Waals surface area contributed by atoms with E-state index >= 15 is 0 Å². The van der Waals surface area contributed by atoms with Crippen LogP contribution in [0.1, 0.15) is 51.3 Å². The molecule has 2 N–H and O–H groups in total. The molecule has 2 atom stereocenters. The number of nitrogens with one attached hydrogen (secondary N) is 2. The molecule has 1 saturated heterocycles. The monoisotopic (exact) mass is 350 g/mol. The minimum Gasteiger partial charge on any atom is -0.357 e. The van der Waals surface area contributed by atoms with E-state index in [1.807, 2.05) is 11.3 Å². The van der Waals surface area contributed by atoms with Gasteiger partial charge in [0.1, 0.15) is 0 Å². The fourth-order valence-corrected chi connectivity index (χ4v) is 3.98. The maximum Gasteiger partial charge on any atom is 0.191 e. The quantitative estimate of drug-likeness (QED) is 0.584. The van der Waals surface area contributed by atoms with E-state index in [2.05, 4.69) is 60.7 Å². The van der Waals surface area contributed by atoms with Crippen LogP contribution < -0.4 is 10.6 Å². The summed E-state index contributed by atoms with van der Waals surface area (Å²) in [5, 5.41) is 9.09. The van der Waals surface area contributed by atoms with E-state index in [9.17, 15) is 0 Å². The highest BCUT2D eigenvalue weighted by Gasteiger charge is 2.21. The van der Waals surface area contributed by atoms with E-state index in [0.29, 0.717) is 12.0 Å². The van der Waals surface area contributed by atoms with E-state index in [1.165, 1.54) is 30.8 Å². The van der Waals surface area contributed by atoms with Crippen molar-refractivity contribution in [2.24, 2.45) is 10.9 Å². The van der Waals surface area contributed by atoms with Gasteiger partial charge in [0.05, 0.1) is 6.54 Å². The highest BCUT2D eigenvalue weighted by atomic mass is 32.1. The zero-order valence-electron chi connectivity index (χ0n) is 15.7. The van der Waals surface area contributed by atoms with Crippen molar-refractivity contribution < 1.29 is 0 Å². The van der Waals surface area contributed by atoms with Gasteiger partial charge < -0.3 is 15.5 Å². The lowest BCUT2D eigenvalue weighted by Gasteiger charge is -2.35. The van der Waals surface area contributed by atoms with Gasteiger partial charge in [-0.3, -0.25) is 4.99 Å². The van der Waals surface area contributed by atoms with E-state index < -0.39 is 0 Å². The molecular weight excluding hydrogens is 316 g/mol. The van der Waals surface area contributed by atoms with Crippen LogP contribution in [0.15, 0.2) is 22.5 Å². The third-order valence-corrected chi connectivity index (χ3v) is 5.84. The number of hydrogen-bond acceptors (Lipinski definition) is 3. The second-order valence-electron chi connectivity index (χ2n) is 7.11. The summed E-state index contributed by atoms with van der Waals surface area (Å²) in [5.41, 5.74) is 0. The maximum atomic E-state index is 4.80. The molecule has 0 radical (unpaired) electrons. The fraction of sp³-hybridized carbons (Fsp3) is 0.737. The van der Waals surface area contributed by atoms with E-state index in [4.69, 9.17) is 4.99 Å². The lowest BCUT2D eigenvalue weighted by molar-refractivity contribution is 0.141. The molecule has 2 unspecified atom stereocenters. The van der Waals surface area contributed by atoms with Crippen LogP contribution in [0.4, 0.5) is 0 Å². The number of nitrogens with zero attached hydrogens (tertiary/aromatic N) is 2. The van der Waals surface area contributed by atoms with Gasteiger partial charge in [-0.2, -0.15) is 0 Å². The minimum atomic E-state index is 0.478. The predicted molar refractivity (Wildman–Crippen MR) is 106 cm³/mol. The zero-order chi connectivity index (χ0) is 17.4. The zero-order valence-corrected chi connectivity index (χ0v) is 16.5. The minimum absolute atomic E-state index is 0.478. The summed E-state index contributed by atoms with van der Waals surface area (Å²) >= 11 is 1.82. The smallest absolute Gasteiger partial charge is 0.191 e. The Bertz CT molecular complexity index is 484. The van der Waals surface area contributed by atoms with Gasteiger partial charge in [0.2, 0.25) is 0 Å². The highest BCUT2D eigenvalue weighted by molar-refractivity contribution is 7.10. The molecule has 0 spiro atoms. The molecule has 136 valence electrons. The summed E-state index contributed by atoms with van der Waals surface area (Å²) in [4.78, 5) is 8.80. The Labute approximate surface area is 151 Å². The molecular formula is C19H34N4S. The van der Waals surface area contributed by atoms with Crippen LogP contribution in [-0.4, -0.2) is 49.6 Å². The summed E-state index contributed by atoms with van der Waals surface area (Å²) in [6.07, 6.45) is 2.63. The number of guanidine groups is 1. The third kappa shape index (κ3) is 6.10. The van der Waals surface area contributed by atoms with E-state index in [0.717, 1.165) is 31.5 Å². The molecule has 2 heterocycles. The molecule has 0 bridgehead atoms. The molecule has 1 aromatic rings. The summed E-state index contributed by atoms with van der Waals surface area (Å²) in [7, 11) is 0. The average molecular weight is 351 g/mol. The molecule has 0 aromatic carbocycles. The Kier molecular flexibility index (Phi) is 8.06. The first-order valence-electron chi connectivity index (χ1n) is 9.39. The molecule has 1 aliphatic rings. The Balaban J connectivity index is 1.83. The number of piperidine rings is 1. The van der Waals surface area contributed by atoms with Crippen LogP contribution in [0, 0.1) is 5.92 Å². The molecule has 2 rings (SSSR count). The number of likely N-dealkylation sites (tertiary alicyclic amines) is 1. The Morgan fingerprint density at radius 2 is 2.21 bits per heavy atom. The van der Waals surface area contributed by atoms with Crippen molar-refractivity contribution in [1.82, 2.24) is 15.5 Å². The van der Waals surface area contributed by atoms with Gasteiger partial charge in [-0.05, 0) is 57.5 Å². The average Bonchev–Trinajstić information content (AvgIpc) is 3.12. The van der Waals surface area contributed by atoms with Crippen LogP contribution in [0.2, 0.25) is 0 Å². The van der Waals surface area contributed by atoms with E-state index in [1.54, 1.807) is 0 Å². The van der Waals surface area contributed by atoms with Gasteiger partial charge in [-0.15, -0.1) is 11.3 Å². The van der Waals surface area contributed by atoms with Crippen molar-refractivity contribution >= 4 is 17.3 Å². The molecule has 0 saturated carbocycles. The topological polar surface area (TPSA) is 39.7 Å². The largest absolute Gasteiger partial charge is 0.357 e. The van der Waals surface area contributed by atoms with Gasteiger partial charge in [-0.25, -0.2) is 0 Å². The van der Waals surface area contributed by atoms with Gasteiger partial charge in [0.25, 0.3) is 0 Å². The van der Waals surface area contributed by atoms with Gasteiger partial charge >= 0.3 is 0 Å². The molecule has 0 amide bonds. The summed E-state index contributed by atoms with van der Waals surface area (Å²) < 4.78 is 0. The van der Waals surface area contributed by atoms with Gasteiger partial charge in [0.15, 0.2) is 5.96 Å². The number of aliphatic imine (C=N–C) groups is 1. The van der Waals surface area contributed by atoms with Crippen LogP contribution in [0.3, 0.4) is 0 Å². The fourth-order valence-electron chi connectivity index (χ4n) is 3.21. The van der Waals surface area contributed by atoms with Crippen LogP contribution in [0.25, 0.3) is 0 Å². The summed E-state index contributed by atoms with van der Waals surface area (Å²) in [6, 6.07) is 4.97. The maximum absolute atomic E-state index is 4.80. The predicted octanol–water partition coefficient (Wildman–Crippen LogP) is 3.53. The number of hydrogen-bond donors (Lipinski definition) is 2. The molecule has 1 fully saturated rings. The lowest BCUT2D eigenvalue weighted by atomic mass is 9.97. The first-order valence-corrected chi connectivity index (χ1v) is 10.3. The summed E-state index contributed by atoms with van der Waals surface area (Å²) in [5.74, 6) is 2.16. The van der Waals surface area contributed by atoms with Gasteiger partial charge in [-0.1, -0.05) is 13.0 Å². The molecule has 5 heteroatoms. The van der Waals surface area contributed by atoms with Crippen LogP contribution in [-0.2, 0) is 0 Å². The standard InChI is InChI=1S/C19H34N4S/c1-5-20-19(21-12-16(4)18-9-7-11-24-18)22-13-17-8-6-10-23(14-17)15(2)3/h7,9,11,15-17H,5-6,8,10,12-14H2,1-4H3,(H2,20,21,22). The van der Waals surface area contributed by atoms with Crippen molar-refractivity contribution in [1.29, 1.82) is 0 Å². The van der Waals surface area contributed by atoms with Crippen molar-refractivity contribution in [3.63, 3.8) is 0 Å². The second kappa shape index (κ2) is 10.0. The molecule has 0 aliphatic carbocycles. The van der Waals surface area contributed by atoms with Crippen molar-refractivity contribution in [2.75, 3.05) is 32.7 Å². The van der Waals surface area contributed by atoms with E-state index in [-0.39, 0.29) is 0 Å². The molecule has 1 aliphatic heterocycles. The molecule has 4 nitrogen and oxygen atoms in total. The Morgan fingerprint density at radius 3 is 2.88 bits per heavy atom. The Morgan fingerprint density at radius 1 is 1.38 bits per heavy atom. The Hall–Kier alpha value is -1.07.